The zero-order valence-electron chi connectivity index (χ0n) is 16.1. The number of rotatable bonds is 10. The third-order valence-electron chi connectivity index (χ3n) is 4.27. The standard InChI is InChI=1S/C19H30ClN3O2S.HI/c1-21-19(22-9-5-10-24-14-17-8-4-11-25-17)23-13-18(26-2)15-6-3-7-16(20)12-15;/h3,6-7,12,17-18H,4-5,8-11,13-14H2,1-2H3,(H2,21,22,23);1H. The van der Waals surface area contributed by atoms with Gasteiger partial charge in [-0.05, 0) is 43.2 Å². The van der Waals surface area contributed by atoms with E-state index in [9.17, 15) is 0 Å². The second-order valence-electron chi connectivity index (χ2n) is 6.22. The lowest BCUT2D eigenvalue weighted by Crippen LogP contribution is -2.39. The number of nitrogens with one attached hydrogen (secondary N) is 2. The van der Waals surface area contributed by atoms with Gasteiger partial charge in [0.25, 0.3) is 0 Å². The first-order chi connectivity index (χ1) is 12.7. The summed E-state index contributed by atoms with van der Waals surface area (Å²) in [7, 11) is 1.79. The lowest BCUT2D eigenvalue weighted by atomic mass is 10.1. The summed E-state index contributed by atoms with van der Waals surface area (Å²) in [5.74, 6) is 0.810. The zero-order valence-corrected chi connectivity index (χ0v) is 20.0. The molecule has 1 fully saturated rings. The quantitative estimate of drug-likeness (QED) is 0.208. The van der Waals surface area contributed by atoms with Crippen molar-refractivity contribution in [2.45, 2.75) is 30.6 Å². The van der Waals surface area contributed by atoms with Crippen LogP contribution in [0.15, 0.2) is 29.3 Å². The van der Waals surface area contributed by atoms with Crippen LogP contribution in [0.2, 0.25) is 5.02 Å². The summed E-state index contributed by atoms with van der Waals surface area (Å²) in [5, 5.41) is 7.81. The molecule has 0 amide bonds. The van der Waals surface area contributed by atoms with Gasteiger partial charge in [0, 0.05) is 43.6 Å². The van der Waals surface area contributed by atoms with Crippen LogP contribution in [0.1, 0.15) is 30.1 Å². The maximum absolute atomic E-state index is 6.10. The molecule has 0 spiro atoms. The molecule has 0 aliphatic carbocycles. The Balaban J connectivity index is 0.00000364. The highest BCUT2D eigenvalue weighted by Crippen LogP contribution is 2.27. The number of aliphatic imine (C=N–C) groups is 1. The van der Waals surface area contributed by atoms with E-state index in [1.54, 1.807) is 18.8 Å². The first-order valence-electron chi connectivity index (χ1n) is 9.15. The van der Waals surface area contributed by atoms with Crippen LogP contribution in [-0.2, 0) is 9.47 Å². The number of halogens is 2. The molecule has 1 aliphatic rings. The van der Waals surface area contributed by atoms with Gasteiger partial charge in [-0.1, -0.05) is 23.7 Å². The molecule has 0 radical (unpaired) electrons. The monoisotopic (exact) mass is 527 g/mol. The van der Waals surface area contributed by atoms with Crippen molar-refractivity contribution in [3.8, 4) is 0 Å². The molecule has 5 nitrogen and oxygen atoms in total. The van der Waals surface area contributed by atoms with Crippen molar-refractivity contribution in [1.29, 1.82) is 0 Å². The Morgan fingerprint density at radius 1 is 1.44 bits per heavy atom. The molecule has 0 saturated carbocycles. The Kier molecular flexibility index (Phi) is 13.5. The van der Waals surface area contributed by atoms with Crippen molar-refractivity contribution in [2.75, 3.05) is 46.2 Å². The predicted octanol–water partition coefficient (Wildman–Crippen LogP) is 4.11. The van der Waals surface area contributed by atoms with Crippen molar-refractivity contribution in [2.24, 2.45) is 4.99 Å². The SMILES string of the molecule is CN=C(NCCCOCC1CCCO1)NCC(SC)c1cccc(Cl)c1.I. The number of nitrogens with zero attached hydrogens (tertiary/aromatic N) is 1. The molecule has 1 saturated heterocycles. The Morgan fingerprint density at radius 2 is 2.30 bits per heavy atom. The molecule has 2 N–H and O–H groups in total. The summed E-state index contributed by atoms with van der Waals surface area (Å²) >= 11 is 7.90. The molecular weight excluding hydrogens is 497 g/mol. The van der Waals surface area contributed by atoms with E-state index in [2.05, 4.69) is 27.9 Å². The minimum Gasteiger partial charge on any atom is -0.379 e. The predicted molar refractivity (Wildman–Crippen MR) is 127 cm³/mol. The number of benzene rings is 1. The van der Waals surface area contributed by atoms with E-state index < -0.39 is 0 Å². The van der Waals surface area contributed by atoms with E-state index in [1.807, 2.05) is 18.2 Å². The van der Waals surface area contributed by atoms with Crippen LogP contribution in [0, 0.1) is 0 Å². The molecular formula is C19H31ClIN3O2S. The Hall–Kier alpha value is -0.220. The Morgan fingerprint density at radius 3 is 2.96 bits per heavy atom. The fraction of sp³-hybridized carbons (Fsp3) is 0.632. The molecule has 0 bridgehead atoms. The Bertz CT molecular complexity index is 560. The van der Waals surface area contributed by atoms with Crippen LogP contribution in [0.25, 0.3) is 0 Å². The van der Waals surface area contributed by atoms with Crippen molar-refractivity contribution < 1.29 is 9.47 Å². The number of hydrogen-bond acceptors (Lipinski definition) is 4. The van der Waals surface area contributed by atoms with E-state index in [0.717, 1.165) is 56.5 Å². The molecule has 2 rings (SSSR count). The summed E-state index contributed by atoms with van der Waals surface area (Å²) in [5.41, 5.74) is 1.22. The molecule has 1 aromatic carbocycles. The van der Waals surface area contributed by atoms with Crippen molar-refractivity contribution in [1.82, 2.24) is 10.6 Å². The van der Waals surface area contributed by atoms with Gasteiger partial charge in [0.1, 0.15) is 0 Å². The minimum absolute atomic E-state index is 0. The van der Waals surface area contributed by atoms with E-state index in [-0.39, 0.29) is 24.0 Å². The summed E-state index contributed by atoms with van der Waals surface area (Å²) in [6.07, 6.45) is 5.62. The first kappa shape index (κ1) is 24.8. The van der Waals surface area contributed by atoms with Gasteiger partial charge >= 0.3 is 0 Å². The number of guanidine groups is 1. The van der Waals surface area contributed by atoms with Crippen LogP contribution < -0.4 is 10.6 Å². The van der Waals surface area contributed by atoms with E-state index >= 15 is 0 Å². The average Bonchev–Trinajstić information content (AvgIpc) is 3.16. The highest BCUT2D eigenvalue weighted by atomic mass is 127. The highest BCUT2D eigenvalue weighted by Gasteiger charge is 2.15. The molecule has 27 heavy (non-hydrogen) atoms. The summed E-state index contributed by atoms with van der Waals surface area (Å²) in [6, 6.07) is 8.02. The maximum atomic E-state index is 6.10. The normalized spacial score (nSPS) is 18.0. The average molecular weight is 528 g/mol. The summed E-state index contributed by atoms with van der Waals surface area (Å²) in [6.45, 7) is 3.94. The zero-order chi connectivity index (χ0) is 18.6. The molecule has 154 valence electrons. The topological polar surface area (TPSA) is 54.9 Å². The summed E-state index contributed by atoms with van der Waals surface area (Å²) in [4.78, 5) is 4.28. The second-order valence-corrected chi connectivity index (χ2v) is 7.70. The maximum Gasteiger partial charge on any atom is 0.191 e. The van der Waals surface area contributed by atoms with Crippen LogP contribution >= 0.6 is 47.3 Å². The van der Waals surface area contributed by atoms with Gasteiger partial charge in [-0.25, -0.2) is 0 Å². The fourth-order valence-corrected chi connectivity index (χ4v) is 3.69. The van der Waals surface area contributed by atoms with E-state index in [4.69, 9.17) is 21.1 Å². The van der Waals surface area contributed by atoms with Gasteiger partial charge in [0.15, 0.2) is 5.96 Å². The molecule has 2 atom stereocenters. The van der Waals surface area contributed by atoms with Gasteiger partial charge in [0.05, 0.1) is 12.7 Å². The molecule has 1 heterocycles. The summed E-state index contributed by atoms with van der Waals surface area (Å²) < 4.78 is 11.2. The largest absolute Gasteiger partial charge is 0.379 e. The smallest absolute Gasteiger partial charge is 0.191 e. The number of thioether (sulfide) groups is 1. The van der Waals surface area contributed by atoms with Crippen LogP contribution in [0.4, 0.5) is 0 Å². The van der Waals surface area contributed by atoms with Crippen LogP contribution in [0.5, 0.6) is 0 Å². The van der Waals surface area contributed by atoms with Crippen molar-refractivity contribution in [3.63, 3.8) is 0 Å². The lowest BCUT2D eigenvalue weighted by Gasteiger charge is -2.18. The van der Waals surface area contributed by atoms with Gasteiger partial charge in [-0.2, -0.15) is 11.8 Å². The van der Waals surface area contributed by atoms with Gasteiger partial charge in [-0.3, -0.25) is 4.99 Å². The highest BCUT2D eigenvalue weighted by molar-refractivity contribution is 14.0. The second kappa shape index (κ2) is 14.7. The van der Waals surface area contributed by atoms with E-state index in [0.29, 0.717) is 18.0 Å². The molecule has 8 heteroatoms. The minimum atomic E-state index is 0. The third kappa shape index (κ3) is 9.69. The first-order valence-corrected chi connectivity index (χ1v) is 10.8. The number of hydrogen-bond donors (Lipinski definition) is 2. The van der Waals surface area contributed by atoms with Crippen LogP contribution in [0.3, 0.4) is 0 Å². The fourth-order valence-electron chi connectivity index (χ4n) is 2.83. The van der Waals surface area contributed by atoms with Gasteiger partial charge in [-0.15, -0.1) is 24.0 Å². The lowest BCUT2D eigenvalue weighted by molar-refractivity contribution is 0.0168. The van der Waals surface area contributed by atoms with Gasteiger partial charge < -0.3 is 20.1 Å². The number of ether oxygens (including phenoxy) is 2. The molecule has 0 aromatic heterocycles. The van der Waals surface area contributed by atoms with Crippen molar-refractivity contribution >= 4 is 53.3 Å². The van der Waals surface area contributed by atoms with E-state index in [1.165, 1.54) is 5.56 Å². The molecule has 2 unspecified atom stereocenters. The van der Waals surface area contributed by atoms with Gasteiger partial charge in [0.2, 0.25) is 0 Å². The molecule has 1 aromatic rings. The Labute approximate surface area is 189 Å². The van der Waals surface area contributed by atoms with Crippen molar-refractivity contribution in [3.05, 3.63) is 34.9 Å². The third-order valence-corrected chi connectivity index (χ3v) is 5.51. The van der Waals surface area contributed by atoms with Crippen LogP contribution in [-0.4, -0.2) is 58.3 Å². The molecule has 1 aliphatic heterocycles.